The molecule has 0 radical (unpaired) electrons. The lowest BCUT2D eigenvalue weighted by Crippen LogP contribution is -2.41. The fraction of sp³-hybridized carbons (Fsp3) is 0.200. The molecule has 1 amide bonds. The van der Waals surface area contributed by atoms with Crippen LogP contribution in [0.15, 0.2) is 58.9 Å². The monoisotopic (exact) mass is 453 g/mol. The van der Waals surface area contributed by atoms with Gasteiger partial charge in [-0.25, -0.2) is 9.50 Å². The second kappa shape index (κ2) is 7.67. The highest BCUT2D eigenvalue weighted by molar-refractivity contribution is 9.10. The Bertz CT molecular complexity index is 1160. The summed E-state index contributed by atoms with van der Waals surface area (Å²) < 4.78 is 4.54. The van der Waals surface area contributed by atoms with Gasteiger partial charge in [0, 0.05) is 49.7 Å². The van der Waals surface area contributed by atoms with E-state index in [0.29, 0.717) is 30.1 Å². The first kappa shape index (κ1) is 19.1. The van der Waals surface area contributed by atoms with Crippen LogP contribution in [-0.4, -0.2) is 42.7 Å². The van der Waals surface area contributed by atoms with E-state index in [1.807, 2.05) is 24.0 Å². The number of aliphatic imine (C=N–C) groups is 1. The minimum Gasteiger partial charge on any atom is -0.397 e. The zero-order chi connectivity index (χ0) is 20.5. The Hall–Kier alpha value is -3.20. The molecule has 3 aromatic rings. The number of fused-ring (bicyclic) bond motifs is 2. The predicted octanol–water partition coefficient (Wildman–Crippen LogP) is 3.02. The molecule has 1 unspecified atom stereocenters. The Kier molecular flexibility index (Phi) is 5.06. The second-order valence-corrected chi connectivity index (χ2v) is 7.59. The van der Waals surface area contributed by atoms with Gasteiger partial charge in [0.2, 0.25) is 0 Å². The molecule has 1 atom stereocenters. The molecule has 0 bridgehead atoms. The van der Waals surface area contributed by atoms with Gasteiger partial charge in [-0.15, -0.1) is 0 Å². The zero-order valence-corrected chi connectivity index (χ0v) is 17.5. The van der Waals surface area contributed by atoms with Crippen molar-refractivity contribution in [3.05, 3.63) is 71.0 Å². The van der Waals surface area contributed by atoms with Crippen molar-refractivity contribution in [3.63, 3.8) is 0 Å². The Balaban J connectivity index is 1.61. The molecule has 148 valence electrons. The van der Waals surface area contributed by atoms with Gasteiger partial charge in [0.1, 0.15) is 0 Å². The van der Waals surface area contributed by atoms with Crippen LogP contribution in [0.4, 0.5) is 0 Å². The molecular weight excluding hydrogens is 434 g/mol. The molecule has 0 fully saturated rings. The molecule has 0 spiro atoms. The highest BCUT2D eigenvalue weighted by atomic mass is 79.9. The van der Waals surface area contributed by atoms with Crippen molar-refractivity contribution in [3.8, 4) is 0 Å². The molecule has 1 aliphatic heterocycles. The van der Waals surface area contributed by atoms with E-state index in [-0.39, 0.29) is 11.9 Å². The average molecular weight is 454 g/mol. The molecular formula is C20H20BrN7O. The van der Waals surface area contributed by atoms with Gasteiger partial charge in [-0.2, -0.15) is 5.10 Å². The number of carbonyl (C=O) groups excluding carboxylic acids is 1. The molecule has 29 heavy (non-hydrogen) atoms. The largest absolute Gasteiger partial charge is 0.397 e. The zero-order valence-electron chi connectivity index (χ0n) is 15.9. The number of amides is 1. The first-order valence-electron chi connectivity index (χ1n) is 9.11. The van der Waals surface area contributed by atoms with E-state index in [0.717, 1.165) is 15.9 Å². The van der Waals surface area contributed by atoms with Gasteiger partial charge in [-0.05, 0) is 41.1 Å². The van der Waals surface area contributed by atoms with E-state index in [9.17, 15) is 4.79 Å². The molecule has 0 aromatic carbocycles. The maximum atomic E-state index is 13.1. The number of halogens is 1. The summed E-state index contributed by atoms with van der Waals surface area (Å²) >= 11 is 3.37. The lowest BCUT2D eigenvalue weighted by Gasteiger charge is -2.35. The smallest absolute Gasteiger partial charge is 0.275 e. The molecule has 2 N–H and O–H groups in total. The summed E-state index contributed by atoms with van der Waals surface area (Å²) in [4.78, 5) is 23.2. The van der Waals surface area contributed by atoms with Crippen LogP contribution in [0.1, 0.15) is 34.8 Å². The van der Waals surface area contributed by atoms with Crippen LogP contribution in [-0.2, 0) is 6.54 Å². The van der Waals surface area contributed by atoms with E-state index >= 15 is 0 Å². The van der Waals surface area contributed by atoms with Gasteiger partial charge in [0.25, 0.3) is 5.91 Å². The molecule has 1 aliphatic rings. The van der Waals surface area contributed by atoms with Crippen molar-refractivity contribution in [2.45, 2.75) is 19.5 Å². The number of hydrogen-bond acceptors (Lipinski definition) is 5. The molecule has 0 saturated carbocycles. The fourth-order valence-corrected chi connectivity index (χ4v) is 3.86. The molecule has 4 heterocycles. The fourth-order valence-electron chi connectivity index (χ4n) is 3.56. The van der Waals surface area contributed by atoms with Crippen LogP contribution in [0.2, 0.25) is 0 Å². The number of nitrogens with zero attached hydrogens (tertiary/aromatic N) is 6. The van der Waals surface area contributed by atoms with Crippen LogP contribution < -0.4 is 5.73 Å². The summed E-state index contributed by atoms with van der Waals surface area (Å²) in [6.07, 6.45) is 8.27. The predicted molar refractivity (Wildman–Crippen MR) is 115 cm³/mol. The quantitative estimate of drug-likeness (QED) is 0.614. The van der Waals surface area contributed by atoms with E-state index < -0.39 is 0 Å². The maximum absolute atomic E-state index is 13.1. The van der Waals surface area contributed by atoms with Crippen LogP contribution >= 0.6 is 15.9 Å². The van der Waals surface area contributed by atoms with Crippen molar-refractivity contribution in [1.29, 1.82) is 0 Å². The average Bonchev–Trinajstić information content (AvgIpc) is 3.32. The minimum absolute atomic E-state index is 0.107. The third-order valence-electron chi connectivity index (χ3n) is 4.98. The number of hydrogen-bond donors (Lipinski definition) is 1. The van der Waals surface area contributed by atoms with Gasteiger partial charge >= 0.3 is 0 Å². The highest BCUT2D eigenvalue weighted by Crippen LogP contribution is 2.30. The van der Waals surface area contributed by atoms with Crippen molar-refractivity contribution < 1.29 is 4.79 Å². The van der Waals surface area contributed by atoms with Gasteiger partial charge in [-0.3, -0.25) is 9.79 Å². The van der Waals surface area contributed by atoms with Crippen LogP contribution in [0.25, 0.3) is 11.3 Å². The molecule has 4 rings (SSSR count). The first-order chi connectivity index (χ1) is 14.0. The SMILES string of the molecule is C=C/N=C\C=C(/N)c1ccc2n1CCN(C(=O)c1cc3ncc(Br)cn3n1)C2C. The summed E-state index contributed by atoms with van der Waals surface area (Å²) in [7, 11) is 0. The Morgan fingerprint density at radius 3 is 3.03 bits per heavy atom. The van der Waals surface area contributed by atoms with Crippen molar-refractivity contribution in [1.82, 2.24) is 24.1 Å². The summed E-state index contributed by atoms with van der Waals surface area (Å²) in [6, 6.07) is 5.58. The Morgan fingerprint density at radius 1 is 1.41 bits per heavy atom. The Morgan fingerprint density at radius 2 is 2.24 bits per heavy atom. The van der Waals surface area contributed by atoms with Gasteiger partial charge in [-0.1, -0.05) is 6.58 Å². The van der Waals surface area contributed by atoms with Crippen LogP contribution in [0.3, 0.4) is 0 Å². The van der Waals surface area contributed by atoms with Gasteiger partial charge in [0.05, 0.1) is 21.9 Å². The summed E-state index contributed by atoms with van der Waals surface area (Å²) in [5, 5.41) is 4.39. The number of nitrogens with two attached hydrogens (primary N) is 1. The van der Waals surface area contributed by atoms with Gasteiger partial charge < -0.3 is 15.2 Å². The third kappa shape index (κ3) is 3.49. The van der Waals surface area contributed by atoms with E-state index in [2.05, 4.69) is 42.2 Å². The molecule has 3 aromatic heterocycles. The van der Waals surface area contributed by atoms with Crippen molar-refractivity contribution in [2.75, 3.05) is 6.54 Å². The van der Waals surface area contributed by atoms with E-state index in [1.165, 1.54) is 6.20 Å². The minimum atomic E-state index is -0.116. The molecule has 9 heteroatoms. The van der Waals surface area contributed by atoms with Gasteiger partial charge in [0.15, 0.2) is 11.3 Å². The third-order valence-corrected chi connectivity index (χ3v) is 5.39. The number of rotatable bonds is 4. The lowest BCUT2D eigenvalue weighted by molar-refractivity contribution is 0.0637. The topological polar surface area (TPSA) is 93.8 Å². The van der Waals surface area contributed by atoms with Crippen molar-refractivity contribution >= 4 is 39.4 Å². The summed E-state index contributed by atoms with van der Waals surface area (Å²) in [5.41, 5.74) is 9.77. The molecule has 0 saturated heterocycles. The number of carbonyl (C=O) groups is 1. The number of allylic oxidation sites excluding steroid dienone is 1. The second-order valence-electron chi connectivity index (χ2n) is 6.68. The normalized spacial score (nSPS) is 17.1. The maximum Gasteiger partial charge on any atom is 0.275 e. The highest BCUT2D eigenvalue weighted by Gasteiger charge is 2.31. The lowest BCUT2D eigenvalue weighted by atomic mass is 10.1. The first-order valence-corrected chi connectivity index (χ1v) is 9.90. The standard InChI is InChI=1S/C20H20BrN7O/c1-3-23-7-6-15(22)18-5-4-17-13(2)26(8-9-27(17)18)20(29)16-10-19-24-11-14(21)12-28(19)25-16/h3-7,10-13H,1,8-9,22H2,2H3/b15-6-,23-7-. The Labute approximate surface area is 176 Å². The summed E-state index contributed by atoms with van der Waals surface area (Å²) in [5.74, 6) is -0.116. The molecule has 8 nitrogen and oxygen atoms in total. The van der Waals surface area contributed by atoms with E-state index in [4.69, 9.17) is 5.73 Å². The summed E-state index contributed by atoms with van der Waals surface area (Å²) in [6.45, 7) is 6.77. The number of aromatic nitrogens is 4. The van der Waals surface area contributed by atoms with Crippen LogP contribution in [0, 0.1) is 0 Å². The van der Waals surface area contributed by atoms with Crippen LogP contribution in [0.5, 0.6) is 0 Å². The van der Waals surface area contributed by atoms with E-state index in [1.54, 1.807) is 35.3 Å². The van der Waals surface area contributed by atoms with Crippen molar-refractivity contribution in [2.24, 2.45) is 10.7 Å². The molecule has 0 aliphatic carbocycles.